The van der Waals surface area contributed by atoms with Crippen molar-refractivity contribution in [1.82, 2.24) is 5.32 Å². The highest BCUT2D eigenvalue weighted by Crippen LogP contribution is 2.20. The van der Waals surface area contributed by atoms with E-state index >= 15 is 0 Å². The van der Waals surface area contributed by atoms with Crippen molar-refractivity contribution in [2.75, 3.05) is 13.1 Å². The molecular weight excluding hydrogens is 219 g/mol. The summed E-state index contributed by atoms with van der Waals surface area (Å²) < 4.78 is 18.8. The number of aliphatic imine (C=N–C) groups is 1. The van der Waals surface area contributed by atoms with E-state index in [-0.39, 0.29) is 18.0 Å². The van der Waals surface area contributed by atoms with Crippen molar-refractivity contribution in [2.24, 2.45) is 4.99 Å². The number of piperidine rings is 1. The van der Waals surface area contributed by atoms with Crippen LogP contribution in [0.5, 0.6) is 0 Å². The molecule has 0 amide bonds. The molecule has 0 aromatic heterocycles. The van der Waals surface area contributed by atoms with Crippen molar-refractivity contribution < 1.29 is 9.13 Å². The molecule has 2 unspecified atom stereocenters. The molecule has 0 spiro atoms. The number of ether oxygens (including phenoxy) is 1. The zero-order valence-corrected chi connectivity index (χ0v) is 9.53. The lowest BCUT2D eigenvalue weighted by Crippen LogP contribution is -2.41. The van der Waals surface area contributed by atoms with E-state index in [0.717, 1.165) is 31.0 Å². The molecule has 1 fully saturated rings. The molecule has 1 aromatic rings. The van der Waals surface area contributed by atoms with Gasteiger partial charge in [-0.05, 0) is 30.7 Å². The van der Waals surface area contributed by atoms with Crippen molar-refractivity contribution in [3.8, 4) is 0 Å². The Labute approximate surface area is 99.7 Å². The molecule has 3 rings (SSSR count). The molecule has 0 saturated carbocycles. The lowest BCUT2D eigenvalue weighted by Gasteiger charge is -2.23. The predicted molar refractivity (Wildman–Crippen MR) is 63.7 cm³/mol. The van der Waals surface area contributed by atoms with Crippen molar-refractivity contribution >= 4 is 5.90 Å². The molecule has 2 atom stereocenters. The van der Waals surface area contributed by atoms with Gasteiger partial charge >= 0.3 is 0 Å². The quantitative estimate of drug-likeness (QED) is 0.842. The smallest absolute Gasteiger partial charge is 0.188 e. The van der Waals surface area contributed by atoms with Crippen molar-refractivity contribution in [1.29, 1.82) is 0 Å². The minimum absolute atomic E-state index is 0.208. The number of fused-ring (bicyclic) bond motifs is 1. The minimum atomic E-state index is -0.208. The molecule has 0 radical (unpaired) electrons. The van der Waals surface area contributed by atoms with Crippen LogP contribution in [-0.4, -0.2) is 31.1 Å². The Kier molecular flexibility index (Phi) is 2.81. The second-order valence-electron chi connectivity index (χ2n) is 4.55. The molecule has 2 aliphatic rings. The first-order chi connectivity index (χ1) is 8.31. The highest BCUT2D eigenvalue weighted by atomic mass is 19.1. The van der Waals surface area contributed by atoms with Gasteiger partial charge in [0.15, 0.2) is 5.90 Å². The maximum absolute atomic E-state index is 13.0. The van der Waals surface area contributed by atoms with E-state index in [2.05, 4.69) is 10.3 Å². The molecule has 1 aromatic carbocycles. The molecule has 2 heterocycles. The summed E-state index contributed by atoms with van der Waals surface area (Å²) in [6.07, 6.45) is 1.81. The van der Waals surface area contributed by atoms with E-state index < -0.39 is 0 Å². The SMILES string of the molecule is Fc1cccc(CC2=NC3CNCCC3O2)c1. The molecule has 2 aliphatic heterocycles. The van der Waals surface area contributed by atoms with Gasteiger partial charge in [-0.1, -0.05) is 12.1 Å². The molecule has 17 heavy (non-hydrogen) atoms. The molecule has 1 saturated heterocycles. The fourth-order valence-electron chi connectivity index (χ4n) is 2.38. The van der Waals surface area contributed by atoms with Crippen molar-refractivity contribution in [2.45, 2.75) is 25.0 Å². The second-order valence-corrected chi connectivity index (χ2v) is 4.55. The van der Waals surface area contributed by atoms with Gasteiger partial charge in [-0.3, -0.25) is 0 Å². The van der Waals surface area contributed by atoms with Gasteiger partial charge in [0.1, 0.15) is 18.0 Å². The largest absolute Gasteiger partial charge is 0.475 e. The number of rotatable bonds is 2. The highest BCUT2D eigenvalue weighted by molar-refractivity contribution is 5.80. The zero-order valence-electron chi connectivity index (χ0n) is 9.53. The Morgan fingerprint density at radius 3 is 3.24 bits per heavy atom. The normalized spacial score (nSPS) is 27.2. The summed E-state index contributed by atoms with van der Waals surface area (Å²) >= 11 is 0. The van der Waals surface area contributed by atoms with E-state index in [9.17, 15) is 4.39 Å². The third-order valence-electron chi connectivity index (χ3n) is 3.23. The number of nitrogens with zero attached hydrogens (tertiary/aromatic N) is 1. The van der Waals surface area contributed by atoms with E-state index in [4.69, 9.17) is 4.74 Å². The summed E-state index contributed by atoms with van der Waals surface area (Å²) in [6.45, 7) is 1.88. The van der Waals surface area contributed by atoms with Crippen LogP contribution in [0.2, 0.25) is 0 Å². The summed E-state index contributed by atoms with van der Waals surface area (Å²) in [5.74, 6) is 0.537. The predicted octanol–water partition coefficient (Wildman–Crippen LogP) is 1.53. The number of nitrogens with one attached hydrogen (secondary N) is 1. The zero-order chi connectivity index (χ0) is 11.7. The van der Waals surface area contributed by atoms with Crippen LogP contribution in [0.3, 0.4) is 0 Å². The lowest BCUT2D eigenvalue weighted by molar-refractivity contribution is 0.158. The summed E-state index contributed by atoms with van der Waals surface area (Å²) in [6, 6.07) is 6.84. The first-order valence-electron chi connectivity index (χ1n) is 6.00. The van der Waals surface area contributed by atoms with E-state index in [0.29, 0.717) is 6.42 Å². The average molecular weight is 234 g/mol. The molecular formula is C13H15FN2O. The van der Waals surface area contributed by atoms with Crippen LogP contribution in [-0.2, 0) is 11.2 Å². The van der Waals surface area contributed by atoms with Gasteiger partial charge in [0.05, 0.1) is 0 Å². The van der Waals surface area contributed by atoms with Crippen molar-refractivity contribution in [3.63, 3.8) is 0 Å². The maximum atomic E-state index is 13.0. The number of benzene rings is 1. The topological polar surface area (TPSA) is 33.6 Å². The van der Waals surface area contributed by atoms with Gasteiger partial charge < -0.3 is 10.1 Å². The molecule has 3 nitrogen and oxygen atoms in total. The average Bonchev–Trinajstić information content (AvgIpc) is 2.71. The summed E-state index contributed by atoms with van der Waals surface area (Å²) in [4.78, 5) is 4.54. The summed E-state index contributed by atoms with van der Waals surface area (Å²) in [5, 5.41) is 3.30. The first-order valence-corrected chi connectivity index (χ1v) is 6.00. The number of hydrogen-bond acceptors (Lipinski definition) is 3. The monoisotopic (exact) mass is 234 g/mol. The third-order valence-corrected chi connectivity index (χ3v) is 3.23. The van der Waals surface area contributed by atoms with E-state index in [1.165, 1.54) is 12.1 Å². The second kappa shape index (κ2) is 4.45. The Morgan fingerprint density at radius 1 is 1.47 bits per heavy atom. The Morgan fingerprint density at radius 2 is 2.41 bits per heavy atom. The van der Waals surface area contributed by atoms with E-state index in [1.54, 1.807) is 6.07 Å². The summed E-state index contributed by atoms with van der Waals surface area (Å²) in [5.41, 5.74) is 0.912. The fourth-order valence-corrected chi connectivity index (χ4v) is 2.38. The Hall–Kier alpha value is -1.42. The van der Waals surface area contributed by atoms with Crippen molar-refractivity contribution in [3.05, 3.63) is 35.6 Å². The van der Waals surface area contributed by atoms with Crippen LogP contribution >= 0.6 is 0 Å². The van der Waals surface area contributed by atoms with Gasteiger partial charge in [-0.25, -0.2) is 9.38 Å². The van der Waals surface area contributed by atoms with Crippen LogP contribution < -0.4 is 5.32 Å². The van der Waals surface area contributed by atoms with Crippen LogP contribution in [0.4, 0.5) is 4.39 Å². The molecule has 0 aliphatic carbocycles. The van der Waals surface area contributed by atoms with Gasteiger partial charge in [0.2, 0.25) is 0 Å². The van der Waals surface area contributed by atoms with Gasteiger partial charge in [-0.15, -0.1) is 0 Å². The molecule has 1 N–H and O–H groups in total. The third kappa shape index (κ3) is 2.31. The number of hydrogen-bond donors (Lipinski definition) is 1. The number of halogens is 1. The highest BCUT2D eigenvalue weighted by Gasteiger charge is 2.32. The Bertz CT molecular complexity index is 447. The van der Waals surface area contributed by atoms with Gasteiger partial charge in [-0.2, -0.15) is 0 Å². The minimum Gasteiger partial charge on any atom is -0.475 e. The molecule has 90 valence electrons. The molecule has 4 heteroatoms. The van der Waals surface area contributed by atoms with E-state index in [1.807, 2.05) is 6.07 Å². The summed E-state index contributed by atoms with van der Waals surface area (Å²) in [7, 11) is 0. The van der Waals surface area contributed by atoms with Crippen LogP contribution in [0.25, 0.3) is 0 Å². The van der Waals surface area contributed by atoms with Gasteiger partial charge in [0.25, 0.3) is 0 Å². The Balaban J connectivity index is 1.70. The van der Waals surface area contributed by atoms with Crippen LogP contribution in [0, 0.1) is 5.82 Å². The van der Waals surface area contributed by atoms with Gasteiger partial charge in [0, 0.05) is 13.0 Å². The lowest BCUT2D eigenvalue weighted by atomic mass is 10.1. The van der Waals surface area contributed by atoms with Crippen LogP contribution in [0.1, 0.15) is 12.0 Å². The first kappa shape index (κ1) is 10.7. The maximum Gasteiger partial charge on any atom is 0.188 e. The van der Waals surface area contributed by atoms with Crippen LogP contribution in [0.15, 0.2) is 29.3 Å². The molecule has 0 bridgehead atoms. The fraction of sp³-hybridized carbons (Fsp3) is 0.462. The standard InChI is InChI=1S/C13H15FN2O/c14-10-3-1-2-9(6-10)7-13-16-11-8-15-5-4-12(11)17-13/h1-3,6,11-12,15H,4-5,7-8H2.